The van der Waals surface area contributed by atoms with Crippen LogP contribution < -0.4 is 5.32 Å². The molecule has 2 atom stereocenters. The molecule has 1 aromatic rings. The first-order valence-electron chi connectivity index (χ1n) is 5.91. The van der Waals surface area contributed by atoms with E-state index in [4.69, 9.17) is 0 Å². The lowest BCUT2D eigenvalue weighted by Gasteiger charge is -2.34. The Kier molecular flexibility index (Phi) is 3.25. The molecule has 2 nitrogen and oxygen atoms in total. The van der Waals surface area contributed by atoms with Crippen molar-refractivity contribution < 1.29 is 0 Å². The quantitative estimate of drug-likeness (QED) is 0.866. The average molecular weight is 254 g/mol. The third-order valence-electron chi connectivity index (χ3n) is 3.74. The zero-order valence-electron chi connectivity index (χ0n) is 9.61. The Morgan fingerprint density at radius 1 is 1.50 bits per heavy atom. The van der Waals surface area contributed by atoms with E-state index < -0.39 is 0 Å². The second-order valence-corrected chi connectivity index (χ2v) is 6.67. The summed E-state index contributed by atoms with van der Waals surface area (Å²) in [5.41, 5.74) is 1.57. The van der Waals surface area contributed by atoms with E-state index in [1.54, 1.807) is 10.4 Å². The number of nitrogens with zero attached hydrogens (tertiary/aromatic N) is 1. The molecule has 0 amide bonds. The van der Waals surface area contributed by atoms with Crippen molar-refractivity contribution in [2.24, 2.45) is 0 Å². The summed E-state index contributed by atoms with van der Waals surface area (Å²) in [6.45, 7) is 4.77. The zero-order chi connectivity index (χ0) is 11.0. The van der Waals surface area contributed by atoms with Crippen LogP contribution in [0.3, 0.4) is 0 Å². The maximum atomic E-state index is 3.53. The van der Waals surface area contributed by atoms with Crippen LogP contribution >= 0.6 is 23.1 Å². The van der Waals surface area contributed by atoms with Crippen molar-refractivity contribution in [3.63, 3.8) is 0 Å². The number of fused-ring (bicyclic) bond motifs is 1. The number of hydrogen-bond donors (Lipinski definition) is 1. The summed E-state index contributed by atoms with van der Waals surface area (Å²) < 4.78 is 0. The molecule has 4 heteroatoms. The highest BCUT2D eigenvalue weighted by molar-refractivity contribution is 7.99. The topological polar surface area (TPSA) is 15.3 Å². The summed E-state index contributed by atoms with van der Waals surface area (Å²) in [4.78, 5) is 4.29. The highest BCUT2D eigenvalue weighted by Gasteiger charge is 2.33. The fraction of sp³-hybridized carbons (Fsp3) is 0.667. The van der Waals surface area contributed by atoms with E-state index >= 15 is 0 Å². The third-order valence-corrected chi connectivity index (χ3v) is 5.85. The molecule has 2 aliphatic heterocycles. The van der Waals surface area contributed by atoms with Crippen LogP contribution in [0, 0.1) is 0 Å². The monoisotopic (exact) mass is 254 g/mol. The minimum absolute atomic E-state index is 0.739. The van der Waals surface area contributed by atoms with Gasteiger partial charge in [0.2, 0.25) is 0 Å². The fourth-order valence-corrected chi connectivity index (χ4v) is 4.56. The molecule has 0 radical (unpaired) electrons. The first kappa shape index (κ1) is 11.1. The summed E-state index contributed by atoms with van der Waals surface area (Å²) in [6, 6.07) is 3.05. The Balaban J connectivity index is 1.73. The van der Waals surface area contributed by atoms with Gasteiger partial charge in [0.25, 0.3) is 0 Å². The number of nitrogens with one attached hydrogen (secondary N) is 1. The molecule has 3 heterocycles. The van der Waals surface area contributed by atoms with Crippen molar-refractivity contribution in [2.75, 3.05) is 25.9 Å². The van der Waals surface area contributed by atoms with Crippen LogP contribution in [0.4, 0.5) is 0 Å². The van der Waals surface area contributed by atoms with Crippen molar-refractivity contribution in [3.8, 4) is 0 Å². The van der Waals surface area contributed by atoms with E-state index in [1.807, 2.05) is 23.1 Å². The molecule has 2 aliphatic rings. The SMILES string of the molecule is CSC1CNCC1N1CCc2sccc2C1. The van der Waals surface area contributed by atoms with Crippen LogP contribution in [-0.2, 0) is 13.0 Å². The van der Waals surface area contributed by atoms with Gasteiger partial charge in [0, 0.05) is 42.3 Å². The lowest BCUT2D eigenvalue weighted by atomic mass is 10.1. The van der Waals surface area contributed by atoms with Crippen LogP contribution in [0.1, 0.15) is 10.4 Å². The molecular weight excluding hydrogens is 236 g/mol. The maximum absolute atomic E-state index is 3.53. The molecule has 1 fully saturated rings. The molecule has 1 saturated heterocycles. The number of thiophene rings is 1. The van der Waals surface area contributed by atoms with Crippen LogP contribution in [-0.4, -0.2) is 42.1 Å². The van der Waals surface area contributed by atoms with E-state index in [9.17, 15) is 0 Å². The Hall–Kier alpha value is -0.0300. The average Bonchev–Trinajstić information content (AvgIpc) is 2.96. The molecule has 0 saturated carbocycles. The summed E-state index contributed by atoms with van der Waals surface area (Å²) in [5, 5.41) is 6.55. The number of hydrogen-bond acceptors (Lipinski definition) is 4. The lowest BCUT2D eigenvalue weighted by Crippen LogP contribution is -2.44. The summed E-state index contributed by atoms with van der Waals surface area (Å²) in [5.74, 6) is 0. The smallest absolute Gasteiger partial charge is 0.0355 e. The highest BCUT2D eigenvalue weighted by Crippen LogP contribution is 2.28. The predicted octanol–water partition coefficient (Wildman–Crippen LogP) is 1.81. The normalized spacial score (nSPS) is 30.6. The van der Waals surface area contributed by atoms with Gasteiger partial charge in [0.1, 0.15) is 0 Å². The maximum Gasteiger partial charge on any atom is 0.0355 e. The predicted molar refractivity (Wildman–Crippen MR) is 72.4 cm³/mol. The first-order chi connectivity index (χ1) is 7.88. The van der Waals surface area contributed by atoms with Gasteiger partial charge in [-0.1, -0.05) is 0 Å². The van der Waals surface area contributed by atoms with Crippen molar-refractivity contribution in [1.29, 1.82) is 0 Å². The van der Waals surface area contributed by atoms with Crippen molar-refractivity contribution in [2.45, 2.75) is 24.3 Å². The number of rotatable bonds is 2. The van der Waals surface area contributed by atoms with E-state index in [1.165, 1.54) is 32.6 Å². The third kappa shape index (κ3) is 1.92. The zero-order valence-corrected chi connectivity index (χ0v) is 11.2. The highest BCUT2D eigenvalue weighted by atomic mass is 32.2. The molecular formula is C12H18N2S2. The molecule has 1 N–H and O–H groups in total. The van der Waals surface area contributed by atoms with Crippen LogP contribution in [0.25, 0.3) is 0 Å². The summed E-state index contributed by atoms with van der Waals surface area (Å²) >= 11 is 3.94. The van der Waals surface area contributed by atoms with Crippen LogP contribution in [0.15, 0.2) is 11.4 Å². The van der Waals surface area contributed by atoms with Gasteiger partial charge in [-0.3, -0.25) is 4.90 Å². The molecule has 16 heavy (non-hydrogen) atoms. The number of thioether (sulfide) groups is 1. The van der Waals surface area contributed by atoms with Gasteiger partial charge in [-0.2, -0.15) is 11.8 Å². The van der Waals surface area contributed by atoms with E-state index in [2.05, 4.69) is 27.9 Å². The Morgan fingerprint density at radius 2 is 2.44 bits per heavy atom. The van der Waals surface area contributed by atoms with Crippen molar-refractivity contribution in [1.82, 2.24) is 10.2 Å². The van der Waals surface area contributed by atoms with Gasteiger partial charge in [-0.25, -0.2) is 0 Å². The van der Waals surface area contributed by atoms with E-state index in [0.717, 1.165) is 11.3 Å². The first-order valence-corrected chi connectivity index (χ1v) is 8.08. The van der Waals surface area contributed by atoms with Gasteiger partial charge in [0.05, 0.1) is 0 Å². The van der Waals surface area contributed by atoms with Crippen LogP contribution in [0.5, 0.6) is 0 Å². The van der Waals surface area contributed by atoms with Crippen molar-refractivity contribution in [3.05, 3.63) is 21.9 Å². The van der Waals surface area contributed by atoms with E-state index in [0.29, 0.717) is 0 Å². The second kappa shape index (κ2) is 4.69. The minimum Gasteiger partial charge on any atom is -0.314 e. The van der Waals surface area contributed by atoms with Gasteiger partial charge >= 0.3 is 0 Å². The van der Waals surface area contributed by atoms with E-state index in [-0.39, 0.29) is 0 Å². The fourth-order valence-electron chi connectivity index (χ4n) is 2.80. The summed E-state index contributed by atoms with van der Waals surface area (Å²) in [6.07, 6.45) is 3.50. The molecule has 0 aromatic carbocycles. The van der Waals surface area contributed by atoms with Gasteiger partial charge in [0.15, 0.2) is 0 Å². The Bertz CT molecular complexity index is 364. The molecule has 0 spiro atoms. The largest absolute Gasteiger partial charge is 0.314 e. The standard InChI is InChI=1S/C12H18N2S2/c1-15-12-7-13-6-10(12)14-4-2-11-9(8-14)3-5-16-11/h3,5,10,12-13H,2,4,6-8H2,1H3. The van der Waals surface area contributed by atoms with Crippen LogP contribution in [0.2, 0.25) is 0 Å². The Labute approximate surface area is 105 Å². The molecule has 3 rings (SSSR count). The van der Waals surface area contributed by atoms with Crippen molar-refractivity contribution >= 4 is 23.1 Å². The summed E-state index contributed by atoms with van der Waals surface area (Å²) in [7, 11) is 0. The minimum atomic E-state index is 0.739. The molecule has 0 aliphatic carbocycles. The van der Waals surface area contributed by atoms with Gasteiger partial charge in [-0.05, 0) is 29.7 Å². The van der Waals surface area contributed by atoms with Gasteiger partial charge in [-0.15, -0.1) is 11.3 Å². The molecule has 1 aromatic heterocycles. The Morgan fingerprint density at radius 3 is 3.31 bits per heavy atom. The lowest BCUT2D eigenvalue weighted by molar-refractivity contribution is 0.195. The van der Waals surface area contributed by atoms with Gasteiger partial charge < -0.3 is 5.32 Å². The molecule has 0 bridgehead atoms. The molecule has 88 valence electrons. The molecule has 2 unspecified atom stereocenters. The second-order valence-electron chi connectivity index (χ2n) is 4.59.